The maximum absolute atomic E-state index is 13.8. The average Bonchev–Trinajstić information content (AvgIpc) is 2.40. The van der Waals surface area contributed by atoms with E-state index < -0.39 is 18.1 Å². The molecule has 1 N–H and O–H groups in total. The van der Waals surface area contributed by atoms with Gasteiger partial charge in [-0.1, -0.05) is 19.4 Å². The molecule has 5 heteroatoms. The monoisotopic (exact) mass is 268 g/mol. The van der Waals surface area contributed by atoms with Crippen LogP contribution in [-0.2, 0) is 9.47 Å². The van der Waals surface area contributed by atoms with Crippen LogP contribution in [0, 0.1) is 11.7 Å². The minimum absolute atomic E-state index is 0.0825. The number of hydrogen-bond donors (Lipinski definition) is 1. The van der Waals surface area contributed by atoms with Crippen LogP contribution in [-0.4, -0.2) is 24.3 Å². The highest BCUT2D eigenvalue weighted by molar-refractivity contribution is 5.87. The predicted octanol–water partition coefficient (Wildman–Crippen LogP) is 2.99. The smallest absolute Gasteiger partial charge is 0.335 e. The van der Waals surface area contributed by atoms with Crippen LogP contribution < -0.4 is 0 Å². The van der Waals surface area contributed by atoms with Gasteiger partial charge in [0, 0.05) is 11.5 Å². The minimum atomic E-state index is -1.15. The van der Waals surface area contributed by atoms with E-state index in [0.29, 0.717) is 19.1 Å². The molecule has 0 saturated carbocycles. The number of aromatic carboxylic acids is 1. The molecule has 4 nitrogen and oxygen atoms in total. The van der Waals surface area contributed by atoms with Crippen LogP contribution in [0.1, 0.15) is 42.0 Å². The van der Waals surface area contributed by atoms with E-state index >= 15 is 0 Å². The summed E-state index contributed by atoms with van der Waals surface area (Å²) >= 11 is 0. The summed E-state index contributed by atoms with van der Waals surface area (Å²) in [5.41, 5.74) is 0.167. The zero-order valence-corrected chi connectivity index (χ0v) is 10.8. The molecule has 0 spiro atoms. The van der Waals surface area contributed by atoms with Crippen LogP contribution in [0.4, 0.5) is 4.39 Å². The number of rotatable bonds is 4. The minimum Gasteiger partial charge on any atom is -0.478 e. The summed E-state index contributed by atoms with van der Waals surface area (Å²) in [6.45, 7) is 3.17. The van der Waals surface area contributed by atoms with Crippen molar-refractivity contribution in [3.05, 3.63) is 35.1 Å². The Morgan fingerprint density at radius 2 is 2.11 bits per heavy atom. The molecule has 1 aromatic carbocycles. The SMILES string of the molecule is CCCC1COC(c2ccc(C(=O)O)cc2F)OC1. The van der Waals surface area contributed by atoms with Gasteiger partial charge >= 0.3 is 5.97 Å². The molecule has 1 aromatic rings. The van der Waals surface area contributed by atoms with Crippen LogP contribution >= 0.6 is 0 Å². The lowest BCUT2D eigenvalue weighted by atomic mass is 10.0. The molecule has 0 bridgehead atoms. The van der Waals surface area contributed by atoms with Gasteiger partial charge in [-0.15, -0.1) is 0 Å². The van der Waals surface area contributed by atoms with Gasteiger partial charge in [0.15, 0.2) is 6.29 Å². The van der Waals surface area contributed by atoms with Crippen molar-refractivity contribution in [3.8, 4) is 0 Å². The van der Waals surface area contributed by atoms with Crippen LogP contribution in [0.25, 0.3) is 0 Å². The Morgan fingerprint density at radius 1 is 1.42 bits per heavy atom. The van der Waals surface area contributed by atoms with Gasteiger partial charge in [-0.05, 0) is 18.6 Å². The van der Waals surface area contributed by atoms with Gasteiger partial charge in [-0.25, -0.2) is 9.18 Å². The molecule has 0 amide bonds. The second-order valence-electron chi connectivity index (χ2n) is 4.69. The first-order valence-electron chi connectivity index (χ1n) is 6.37. The van der Waals surface area contributed by atoms with Crippen molar-refractivity contribution in [1.82, 2.24) is 0 Å². The maximum Gasteiger partial charge on any atom is 0.335 e. The number of benzene rings is 1. The van der Waals surface area contributed by atoms with Gasteiger partial charge in [0.05, 0.1) is 18.8 Å². The van der Waals surface area contributed by atoms with Crippen LogP contribution in [0.2, 0.25) is 0 Å². The van der Waals surface area contributed by atoms with Crippen molar-refractivity contribution < 1.29 is 23.8 Å². The number of carbonyl (C=O) groups is 1. The quantitative estimate of drug-likeness (QED) is 0.912. The molecule has 0 atom stereocenters. The Bertz CT molecular complexity index is 453. The second-order valence-corrected chi connectivity index (χ2v) is 4.69. The molecule has 0 unspecified atom stereocenters. The molecule has 1 heterocycles. The van der Waals surface area contributed by atoms with E-state index in [1.54, 1.807) is 0 Å². The van der Waals surface area contributed by atoms with E-state index in [-0.39, 0.29) is 11.1 Å². The van der Waals surface area contributed by atoms with E-state index in [1.165, 1.54) is 12.1 Å². The molecule has 0 aromatic heterocycles. The molecular weight excluding hydrogens is 251 g/mol. The summed E-state index contributed by atoms with van der Waals surface area (Å²) in [5, 5.41) is 8.78. The summed E-state index contributed by atoms with van der Waals surface area (Å²) in [7, 11) is 0. The first-order chi connectivity index (χ1) is 9.11. The van der Waals surface area contributed by atoms with Gasteiger partial charge < -0.3 is 14.6 Å². The molecule has 0 aliphatic carbocycles. The van der Waals surface area contributed by atoms with E-state index in [0.717, 1.165) is 18.9 Å². The van der Waals surface area contributed by atoms with Crippen molar-refractivity contribution in [1.29, 1.82) is 0 Å². The van der Waals surface area contributed by atoms with E-state index in [4.69, 9.17) is 14.6 Å². The molecule has 1 aliphatic rings. The number of ether oxygens (including phenoxy) is 2. The molecule has 104 valence electrons. The normalized spacial score (nSPS) is 23.3. The Kier molecular flexibility index (Phi) is 4.50. The lowest BCUT2D eigenvalue weighted by molar-refractivity contribution is -0.207. The van der Waals surface area contributed by atoms with Crippen molar-refractivity contribution in [3.63, 3.8) is 0 Å². The first-order valence-corrected chi connectivity index (χ1v) is 6.37. The third-order valence-corrected chi connectivity index (χ3v) is 3.16. The third kappa shape index (κ3) is 3.30. The van der Waals surface area contributed by atoms with Gasteiger partial charge in [-0.3, -0.25) is 0 Å². The fourth-order valence-corrected chi connectivity index (χ4v) is 2.15. The lowest BCUT2D eigenvalue weighted by Crippen LogP contribution is -2.27. The van der Waals surface area contributed by atoms with E-state index in [2.05, 4.69) is 6.92 Å². The topological polar surface area (TPSA) is 55.8 Å². The van der Waals surface area contributed by atoms with Crippen LogP contribution in [0.15, 0.2) is 18.2 Å². The van der Waals surface area contributed by atoms with Crippen molar-refractivity contribution in [2.24, 2.45) is 5.92 Å². The van der Waals surface area contributed by atoms with Crippen LogP contribution in [0.3, 0.4) is 0 Å². The summed E-state index contributed by atoms with van der Waals surface area (Å²) in [4.78, 5) is 10.7. The van der Waals surface area contributed by atoms with Crippen molar-refractivity contribution in [2.75, 3.05) is 13.2 Å². The van der Waals surface area contributed by atoms with Gasteiger partial charge in [0.1, 0.15) is 5.82 Å². The molecule has 2 rings (SSSR count). The predicted molar refractivity (Wildman–Crippen MR) is 66.4 cm³/mol. The number of hydrogen-bond acceptors (Lipinski definition) is 3. The fourth-order valence-electron chi connectivity index (χ4n) is 2.15. The zero-order chi connectivity index (χ0) is 13.8. The summed E-state index contributed by atoms with van der Waals surface area (Å²) in [5.74, 6) is -1.42. The third-order valence-electron chi connectivity index (χ3n) is 3.16. The Hall–Kier alpha value is -1.46. The second kappa shape index (κ2) is 6.12. The molecular formula is C14H17FO4. The molecule has 0 radical (unpaired) electrons. The highest BCUT2D eigenvalue weighted by atomic mass is 19.1. The molecule has 1 fully saturated rings. The van der Waals surface area contributed by atoms with E-state index in [9.17, 15) is 9.18 Å². The number of carboxylic acid groups (broad SMARTS) is 1. The maximum atomic E-state index is 13.8. The Balaban J connectivity index is 2.05. The summed E-state index contributed by atoms with van der Waals surface area (Å²) in [6, 6.07) is 3.75. The number of carboxylic acids is 1. The van der Waals surface area contributed by atoms with Gasteiger partial charge in [0.25, 0.3) is 0 Å². The van der Waals surface area contributed by atoms with Crippen molar-refractivity contribution >= 4 is 5.97 Å². The molecule has 1 saturated heterocycles. The van der Waals surface area contributed by atoms with Crippen molar-refractivity contribution in [2.45, 2.75) is 26.1 Å². The summed E-state index contributed by atoms with van der Waals surface area (Å²) < 4.78 is 24.8. The van der Waals surface area contributed by atoms with Gasteiger partial charge in [0.2, 0.25) is 0 Å². The standard InChI is InChI=1S/C14H17FO4/c1-2-3-9-7-18-14(19-8-9)11-5-4-10(13(16)17)6-12(11)15/h4-6,9,14H,2-3,7-8H2,1H3,(H,16,17). The Labute approximate surface area is 111 Å². The Morgan fingerprint density at radius 3 is 2.63 bits per heavy atom. The lowest BCUT2D eigenvalue weighted by Gasteiger charge is -2.29. The fraction of sp³-hybridized carbons (Fsp3) is 0.500. The average molecular weight is 268 g/mol. The zero-order valence-electron chi connectivity index (χ0n) is 10.8. The number of halogens is 1. The highest BCUT2D eigenvalue weighted by Gasteiger charge is 2.25. The molecule has 1 aliphatic heterocycles. The highest BCUT2D eigenvalue weighted by Crippen LogP contribution is 2.28. The first kappa shape index (κ1) is 14.0. The van der Waals surface area contributed by atoms with Crippen LogP contribution in [0.5, 0.6) is 0 Å². The van der Waals surface area contributed by atoms with E-state index in [1.807, 2.05) is 0 Å². The molecule has 19 heavy (non-hydrogen) atoms. The summed E-state index contributed by atoms with van der Waals surface area (Å²) in [6.07, 6.45) is 1.34. The van der Waals surface area contributed by atoms with Gasteiger partial charge in [-0.2, -0.15) is 0 Å². The largest absolute Gasteiger partial charge is 0.478 e.